The van der Waals surface area contributed by atoms with Gasteiger partial charge < -0.3 is 5.11 Å². The van der Waals surface area contributed by atoms with Crippen molar-refractivity contribution in [2.45, 2.75) is 6.10 Å². The van der Waals surface area contributed by atoms with Crippen LogP contribution in [-0.4, -0.2) is 5.11 Å². The molecule has 0 amide bonds. The monoisotopic (exact) mass is 348 g/mol. The van der Waals surface area contributed by atoms with Crippen LogP contribution in [-0.2, 0) is 0 Å². The van der Waals surface area contributed by atoms with Gasteiger partial charge in [-0.2, -0.15) is 0 Å². The van der Waals surface area contributed by atoms with E-state index in [4.69, 9.17) is 0 Å². The maximum atomic E-state index is 13.8. The zero-order valence-electron chi connectivity index (χ0n) is 10.9. The predicted molar refractivity (Wildman–Crippen MR) is 82.1 cm³/mol. The minimum atomic E-state index is -1.04. The van der Waals surface area contributed by atoms with Gasteiger partial charge >= 0.3 is 0 Å². The average Bonchev–Trinajstić information content (AvgIpc) is 2.50. The summed E-state index contributed by atoms with van der Waals surface area (Å²) in [6.45, 7) is 0. The largest absolute Gasteiger partial charge is 0.384 e. The van der Waals surface area contributed by atoms with Crippen LogP contribution in [0.1, 0.15) is 17.2 Å². The number of benzene rings is 3. The van der Waals surface area contributed by atoms with Crippen molar-refractivity contribution in [1.82, 2.24) is 0 Å². The molecule has 21 heavy (non-hydrogen) atoms. The molecular formula is C17H11BrF2O. The fourth-order valence-corrected chi connectivity index (χ4v) is 2.88. The number of aliphatic hydroxyl groups is 1. The molecule has 1 N–H and O–H groups in total. The molecule has 0 bridgehead atoms. The van der Waals surface area contributed by atoms with Crippen LogP contribution in [0.5, 0.6) is 0 Å². The molecule has 4 heteroatoms. The second-order valence-electron chi connectivity index (χ2n) is 4.75. The van der Waals surface area contributed by atoms with Crippen LogP contribution < -0.4 is 0 Å². The van der Waals surface area contributed by atoms with Gasteiger partial charge in [0, 0.05) is 15.4 Å². The Kier molecular flexibility index (Phi) is 3.74. The lowest BCUT2D eigenvalue weighted by atomic mass is 9.95. The second kappa shape index (κ2) is 5.54. The Bertz CT molecular complexity index is 817. The van der Waals surface area contributed by atoms with E-state index in [1.165, 1.54) is 24.3 Å². The first-order valence-electron chi connectivity index (χ1n) is 6.38. The van der Waals surface area contributed by atoms with Crippen molar-refractivity contribution in [3.05, 3.63) is 81.8 Å². The first-order valence-corrected chi connectivity index (χ1v) is 7.17. The van der Waals surface area contributed by atoms with Crippen molar-refractivity contribution in [2.24, 2.45) is 0 Å². The van der Waals surface area contributed by atoms with Crippen molar-refractivity contribution in [2.75, 3.05) is 0 Å². The van der Waals surface area contributed by atoms with E-state index in [-0.39, 0.29) is 5.82 Å². The van der Waals surface area contributed by atoms with Gasteiger partial charge in [0.1, 0.15) is 17.7 Å². The van der Waals surface area contributed by atoms with E-state index >= 15 is 0 Å². The van der Waals surface area contributed by atoms with E-state index in [2.05, 4.69) is 15.9 Å². The van der Waals surface area contributed by atoms with E-state index in [9.17, 15) is 13.9 Å². The molecule has 0 aliphatic rings. The van der Waals surface area contributed by atoms with Crippen molar-refractivity contribution < 1.29 is 13.9 Å². The fourth-order valence-electron chi connectivity index (χ4n) is 2.42. The van der Waals surface area contributed by atoms with E-state index in [0.717, 1.165) is 0 Å². The molecule has 0 aliphatic carbocycles. The predicted octanol–water partition coefficient (Wildman–Crippen LogP) is 4.96. The molecule has 0 saturated carbocycles. The van der Waals surface area contributed by atoms with E-state index < -0.39 is 11.9 Å². The number of fused-ring (bicyclic) bond motifs is 1. The second-order valence-corrected chi connectivity index (χ2v) is 5.60. The number of rotatable bonds is 2. The van der Waals surface area contributed by atoms with Gasteiger partial charge in [0.05, 0.1) is 0 Å². The van der Waals surface area contributed by atoms with Crippen LogP contribution >= 0.6 is 15.9 Å². The molecule has 0 saturated heterocycles. The zero-order valence-corrected chi connectivity index (χ0v) is 12.4. The maximum absolute atomic E-state index is 13.8. The van der Waals surface area contributed by atoms with Gasteiger partial charge in [-0.1, -0.05) is 46.3 Å². The van der Waals surface area contributed by atoms with Crippen LogP contribution in [0.2, 0.25) is 0 Å². The zero-order chi connectivity index (χ0) is 15.0. The molecule has 1 atom stereocenters. The Morgan fingerprint density at radius 1 is 0.857 bits per heavy atom. The Morgan fingerprint density at radius 3 is 2.33 bits per heavy atom. The molecule has 0 heterocycles. The summed E-state index contributed by atoms with van der Waals surface area (Å²) in [4.78, 5) is 0. The van der Waals surface area contributed by atoms with Crippen LogP contribution in [0.15, 0.2) is 59.1 Å². The van der Waals surface area contributed by atoms with Gasteiger partial charge in [-0.15, -0.1) is 0 Å². The lowest BCUT2D eigenvalue weighted by Crippen LogP contribution is -2.03. The number of hydrogen-bond donors (Lipinski definition) is 1. The maximum Gasteiger partial charge on any atom is 0.131 e. The van der Waals surface area contributed by atoms with Crippen molar-refractivity contribution in [3.63, 3.8) is 0 Å². The minimum Gasteiger partial charge on any atom is -0.384 e. The van der Waals surface area contributed by atoms with Gasteiger partial charge in [-0.25, -0.2) is 8.78 Å². The van der Waals surface area contributed by atoms with Gasteiger partial charge in [-0.3, -0.25) is 0 Å². The highest BCUT2D eigenvalue weighted by Gasteiger charge is 2.18. The summed E-state index contributed by atoms with van der Waals surface area (Å²) in [6, 6.07) is 13.9. The highest BCUT2D eigenvalue weighted by atomic mass is 79.9. The van der Waals surface area contributed by atoms with Gasteiger partial charge in [0.2, 0.25) is 0 Å². The lowest BCUT2D eigenvalue weighted by Gasteiger charge is -2.16. The van der Waals surface area contributed by atoms with Crippen molar-refractivity contribution >= 4 is 26.7 Å². The number of halogens is 3. The molecule has 1 unspecified atom stereocenters. The molecule has 3 aromatic carbocycles. The highest BCUT2D eigenvalue weighted by Crippen LogP contribution is 2.33. The summed E-state index contributed by atoms with van der Waals surface area (Å²) in [5.41, 5.74) is 0.949. The molecule has 0 aromatic heterocycles. The molecule has 0 spiro atoms. The van der Waals surface area contributed by atoms with E-state index in [1.54, 1.807) is 30.3 Å². The summed E-state index contributed by atoms with van der Waals surface area (Å²) in [5.74, 6) is -0.779. The van der Waals surface area contributed by atoms with Crippen LogP contribution in [0.25, 0.3) is 10.8 Å². The summed E-state index contributed by atoms with van der Waals surface area (Å²) in [6.07, 6.45) is -1.04. The topological polar surface area (TPSA) is 20.2 Å². The lowest BCUT2D eigenvalue weighted by molar-refractivity contribution is 0.220. The third-order valence-corrected chi connectivity index (χ3v) is 4.17. The normalized spacial score (nSPS) is 12.6. The number of aliphatic hydroxyl groups excluding tert-OH is 1. The smallest absolute Gasteiger partial charge is 0.131 e. The quantitative estimate of drug-likeness (QED) is 0.693. The number of hydrogen-bond acceptors (Lipinski definition) is 1. The molecular weight excluding hydrogens is 338 g/mol. The minimum absolute atomic E-state index is 0.347. The van der Waals surface area contributed by atoms with E-state index in [0.29, 0.717) is 26.4 Å². The molecule has 0 aliphatic heterocycles. The fraction of sp³-hybridized carbons (Fsp3) is 0.0588. The summed E-state index contributed by atoms with van der Waals surface area (Å²) < 4.78 is 27.8. The Balaban J connectivity index is 2.20. The summed E-state index contributed by atoms with van der Waals surface area (Å²) in [5, 5.41) is 11.6. The van der Waals surface area contributed by atoms with Crippen LogP contribution in [0.4, 0.5) is 8.78 Å². The van der Waals surface area contributed by atoms with E-state index in [1.807, 2.05) is 0 Å². The van der Waals surface area contributed by atoms with Crippen molar-refractivity contribution in [1.29, 1.82) is 0 Å². The van der Waals surface area contributed by atoms with Gasteiger partial charge in [-0.05, 0) is 35.2 Å². The molecule has 106 valence electrons. The molecule has 0 radical (unpaired) electrons. The summed E-state index contributed by atoms with van der Waals surface area (Å²) in [7, 11) is 0. The van der Waals surface area contributed by atoms with Crippen molar-refractivity contribution in [3.8, 4) is 0 Å². The molecule has 3 rings (SSSR count). The third kappa shape index (κ3) is 2.57. The third-order valence-electron chi connectivity index (χ3n) is 3.45. The first kappa shape index (κ1) is 14.2. The Morgan fingerprint density at radius 2 is 1.57 bits per heavy atom. The average molecular weight is 349 g/mol. The van der Waals surface area contributed by atoms with Gasteiger partial charge in [0.25, 0.3) is 0 Å². The van der Waals surface area contributed by atoms with Crippen LogP contribution in [0.3, 0.4) is 0 Å². The Labute approximate surface area is 129 Å². The van der Waals surface area contributed by atoms with Gasteiger partial charge in [0.15, 0.2) is 0 Å². The molecule has 1 nitrogen and oxygen atoms in total. The SMILES string of the molecule is OC(c1cc(F)ccc1Br)c1ccc(F)c2ccccc12. The standard InChI is InChI=1S/C17H11BrF2O/c18-15-7-5-10(19)9-14(15)17(21)13-6-8-16(20)12-4-2-1-3-11(12)13/h1-9,17,21H. The summed E-state index contributed by atoms with van der Waals surface area (Å²) >= 11 is 3.31. The molecule has 3 aromatic rings. The first-order chi connectivity index (χ1) is 10.1. The van der Waals surface area contributed by atoms with Crippen LogP contribution in [0, 0.1) is 11.6 Å². The highest BCUT2D eigenvalue weighted by molar-refractivity contribution is 9.10. The Hall–Kier alpha value is -1.78. The molecule has 0 fully saturated rings.